The fourth-order valence-electron chi connectivity index (χ4n) is 1.81. The molecule has 1 heterocycles. The molecule has 0 radical (unpaired) electrons. The summed E-state index contributed by atoms with van der Waals surface area (Å²) in [6, 6.07) is 0. The molecule has 1 saturated heterocycles. The van der Waals surface area contributed by atoms with E-state index >= 15 is 0 Å². The number of hydrogen-bond donors (Lipinski definition) is 1. The first kappa shape index (κ1) is 15.1. The van der Waals surface area contributed by atoms with E-state index < -0.39 is 39.2 Å². The number of hydroxylamine groups is 2. The summed E-state index contributed by atoms with van der Waals surface area (Å²) in [6.07, 6.45) is 0.797. The maximum absolute atomic E-state index is 11.7. The summed E-state index contributed by atoms with van der Waals surface area (Å²) in [6.45, 7) is 5.30. The smallest absolute Gasteiger partial charge is 0.277 e. The molecule has 1 N–H and O–H groups in total. The lowest BCUT2D eigenvalue weighted by molar-refractivity contribution is -0.224. The normalized spacial score (nSPS) is 21.8. The first-order chi connectivity index (χ1) is 8.08. The van der Waals surface area contributed by atoms with E-state index in [2.05, 4.69) is 0 Å². The topological polar surface area (TPSA) is 101 Å². The van der Waals surface area contributed by atoms with Gasteiger partial charge in [0.1, 0.15) is 0 Å². The van der Waals surface area contributed by atoms with Gasteiger partial charge in [0.05, 0.1) is 12.0 Å². The first-order valence-corrected chi connectivity index (χ1v) is 7.11. The number of amides is 2. The maximum atomic E-state index is 11.7. The van der Waals surface area contributed by atoms with E-state index in [4.69, 9.17) is 9.39 Å². The van der Waals surface area contributed by atoms with Crippen molar-refractivity contribution in [2.75, 3.05) is 0 Å². The third-order valence-electron chi connectivity index (χ3n) is 2.61. The molecule has 7 nitrogen and oxygen atoms in total. The van der Waals surface area contributed by atoms with E-state index in [0.717, 1.165) is 6.42 Å². The summed E-state index contributed by atoms with van der Waals surface area (Å²) in [5.74, 6) is -1.79. The van der Waals surface area contributed by atoms with Crippen LogP contribution >= 0.6 is 0 Å². The predicted octanol–water partition coefficient (Wildman–Crippen LogP) is 0.512. The molecule has 1 rings (SSSR count). The molecular formula is C10H17NO6S. The molecule has 0 aromatic heterocycles. The Kier molecular flexibility index (Phi) is 4.14. The molecule has 2 amide bonds. The van der Waals surface area contributed by atoms with Gasteiger partial charge in [-0.1, -0.05) is 13.3 Å². The maximum Gasteiger partial charge on any atom is 0.277 e. The average molecular weight is 279 g/mol. The van der Waals surface area contributed by atoms with Gasteiger partial charge in [-0.05, 0) is 20.3 Å². The predicted molar refractivity (Wildman–Crippen MR) is 61.9 cm³/mol. The standard InChI is InChI=1S/C10H17NO6S/c1-4-5-10(2,3)17-11-8(12)6-7(9(11)13)18(14,15)16/h7H,4-6H2,1-3H3,(H,14,15,16). The summed E-state index contributed by atoms with van der Waals surface area (Å²) in [5, 5.41) is -1.30. The van der Waals surface area contributed by atoms with Crippen LogP contribution in [0.2, 0.25) is 0 Å². The molecule has 104 valence electrons. The molecule has 0 spiro atoms. The summed E-state index contributed by atoms with van der Waals surface area (Å²) in [4.78, 5) is 28.5. The summed E-state index contributed by atoms with van der Waals surface area (Å²) in [7, 11) is -4.58. The van der Waals surface area contributed by atoms with Crippen LogP contribution in [0.3, 0.4) is 0 Å². The fraction of sp³-hybridized carbons (Fsp3) is 0.800. The van der Waals surface area contributed by atoms with Crippen molar-refractivity contribution in [2.24, 2.45) is 0 Å². The first-order valence-electron chi connectivity index (χ1n) is 5.60. The van der Waals surface area contributed by atoms with E-state index in [9.17, 15) is 18.0 Å². The van der Waals surface area contributed by atoms with Crippen molar-refractivity contribution in [1.82, 2.24) is 5.06 Å². The van der Waals surface area contributed by atoms with Gasteiger partial charge in [-0.3, -0.25) is 19.0 Å². The lowest BCUT2D eigenvalue weighted by Gasteiger charge is -2.28. The number of hydrogen-bond acceptors (Lipinski definition) is 5. The summed E-state index contributed by atoms with van der Waals surface area (Å²) >= 11 is 0. The molecule has 8 heteroatoms. The molecule has 0 aliphatic carbocycles. The number of nitrogens with zero attached hydrogens (tertiary/aromatic N) is 1. The summed E-state index contributed by atoms with van der Waals surface area (Å²) < 4.78 is 30.7. The highest BCUT2D eigenvalue weighted by Gasteiger charge is 2.48. The van der Waals surface area contributed by atoms with Crippen LogP contribution in [0.4, 0.5) is 0 Å². The molecule has 1 aliphatic rings. The second-order valence-corrected chi connectivity index (χ2v) is 6.43. The Morgan fingerprint density at radius 2 is 2.00 bits per heavy atom. The van der Waals surface area contributed by atoms with E-state index in [-0.39, 0.29) is 0 Å². The third-order valence-corrected chi connectivity index (χ3v) is 3.70. The van der Waals surface area contributed by atoms with Crippen LogP contribution in [-0.2, 0) is 24.5 Å². The van der Waals surface area contributed by atoms with Crippen molar-refractivity contribution in [3.63, 3.8) is 0 Å². The minimum absolute atomic E-state index is 0.452. The second kappa shape index (κ2) is 4.94. The fourth-order valence-corrected chi connectivity index (χ4v) is 2.51. The number of imide groups is 1. The quantitative estimate of drug-likeness (QED) is 0.581. The molecule has 1 atom stereocenters. The highest BCUT2D eigenvalue weighted by atomic mass is 32.2. The molecule has 1 fully saturated rings. The molecule has 0 bridgehead atoms. The van der Waals surface area contributed by atoms with Crippen molar-refractivity contribution in [2.45, 2.75) is 50.9 Å². The van der Waals surface area contributed by atoms with E-state index in [1.54, 1.807) is 13.8 Å². The largest absolute Gasteiger partial charge is 0.285 e. The van der Waals surface area contributed by atoms with Crippen LogP contribution in [0.15, 0.2) is 0 Å². The molecule has 1 aliphatic heterocycles. The van der Waals surface area contributed by atoms with Gasteiger partial charge in [0, 0.05) is 0 Å². The van der Waals surface area contributed by atoms with E-state index in [1.807, 2.05) is 6.92 Å². The Labute approximate surface area is 106 Å². The van der Waals surface area contributed by atoms with Crippen molar-refractivity contribution in [3.05, 3.63) is 0 Å². The third kappa shape index (κ3) is 3.27. The molecule has 18 heavy (non-hydrogen) atoms. The molecular weight excluding hydrogens is 262 g/mol. The van der Waals surface area contributed by atoms with Gasteiger partial charge < -0.3 is 0 Å². The van der Waals surface area contributed by atoms with Gasteiger partial charge in [0.25, 0.3) is 21.9 Å². The SMILES string of the molecule is CCCC(C)(C)ON1C(=O)CC(S(=O)(=O)O)C1=O. The van der Waals surface area contributed by atoms with Crippen LogP contribution < -0.4 is 0 Å². The molecule has 0 aromatic carbocycles. The van der Waals surface area contributed by atoms with Crippen LogP contribution in [-0.4, -0.2) is 40.7 Å². The van der Waals surface area contributed by atoms with Gasteiger partial charge in [-0.15, -0.1) is 0 Å². The Bertz CT molecular complexity index is 455. The lowest BCUT2D eigenvalue weighted by Crippen LogP contribution is -2.41. The Balaban J connectivity index is 2.87. The zero-order chi connectivity index (χ0) is 14.1. The second-order valence-electron chi connectivity index (χ2n) is 4.84. The van der Waals surface area contributed by atoms with Crippen LogP contribution in [0.5, 0.6) is 0 Å². The summed E-state index contributed by atoms with van der Waals surface area (Å²) in [5.41, 5.74) is -0.756. The van der Waals surface area contributed by atoms with Gasteiger partial charge >= 0.3 is 0 Å². The number of carbonyl (C=O) groups is 2. The van der Waals surface area contributed by atoms with Crippen molar-refractivity contribution in [1.29, 1.82) is 0 Å². The minimum Gasteiger partial charge on any atom is -0.285 e. The lowest BCUT2D eigenvalue weighted by atomic mass is 10.0. The molecule has 1 unspecified atom stereocenters. The minimum atomic E-state index is -4.58. The Morgan fingerprint density at radius 3 is 2.39 bits per heavy atom. The highest BCUT2D eigenvalue weighted by Crippen LogP contribution is 2.25. The van der Waals surface area contributed by atoms with Gasteiger partial charge in [-0.2, -0.15) is 13.5 Å². The van der Waals surface area contributed by atoms with Gasteiger partial charge in [0.2, 0.25) is 0 Å². The molecule has 0 saturated carbocycles. The van der Waals surface area contributed by atoms with Crippen molar-refractivity contribution >= 4 is 21.9 Å². The van der Waals surface area contributed by atoms with Crippen LogP contribution in [0, 0.1) is 0 Å². The van der Waals surface area contributed by atoms with E-state index in [1.165, 1.54) is 0 Å². The van der Waals surface area contributed by atoms with Gasteiger partial charge in [0.15, 0.2) is 5.25 Å². The van der Waals surface area contributed by atoms with Crippen molar-refractivity contribution in [3.8, 4) is 0 Å². The zero-order valence-electron chi connectivity index (χ0n) is 10.5. The highest BCUT2D eigenvalue weighted by molar-refractivity contribution is 7.87. The van der Waals surface area contributed by atoms with Crippen molar-refractivity contribution < 1.29 is 27.4 Å². The van der Waals surface area contributed by atoms with Crippen LogP contribution in [0.25, 0.3) is 0 Å². The number of rotatable bonds is 5. The Morgan fingerprint density at radius 1 is 1.44 bits per heavy atom. The zero-order valence-corrected chi connectivity index (χ0v) is 11.4. The van der Waals surface area contributed by atoms with Crippen LogP contribution in [0.1, 0.15) is 40.0 Å². The Hall–Kier alpha value is -0.990. The van der Waals surface area contributed by atoms with E-state index in [0.29, 0.717) is 11.5 Å². The molecule has 0 aromatic rings. The number of carbonyl (C=O) groups excluding carboxylic acids is 2. The average Bonchev–Trinajstić information content (AvgIpc) is 2.44. The monoisotopic (exact) mass is 279 g/mol. The van der Waals surface area contributed by atoms with Gasteiger partial charge in [-0.25, -0.2) is 0 Å².